The molecule has 0 aromatic carbocycles. The van der Waals surface area contributed by atoms with Gasteiger partial charge in [-0.1, -0.05) is 0 Å². The van der Waals surface area contributed by atoms with Crippen LogP contribution in [0.4, 0.5) is 0 Å². The molecule has 4 bridgehead atoms. The van der Waals surface area contributed by atoms with Crippen molar-refractivity contribution in [2.75, 3.05) is 6.54 Å². The molecule has 0 spiro atoms. The van der Waals surface area contributed by atoms with Gasteiger partial charge in [-0.2, -0.15) is 0 Å². The molecular formula is C16H29NO. The first-order valence-corrected chi connectivity index (χ1v) is 7.79. The second-order valence-corrected chi connectivity index (χ2v) is 8.43. The average molecular weight is 251 g/mol. The summed E-state index contributed by atoms with van der Waals surface area (Å²) in [5.74, 6) is 2.79. The highest BCUT2D eigenvalue weighted by Crippen LogP contribution is 2.61. The monoisotopic (exact) mass is 251 g/mol. The fourth-order valence-electron chi connectivity index (χ4n) is 5.21. The highest BCUT2D eigenvalue weighted by molar-refractivity contribution is 5.04. The summed E-state index contributed by atoms with van der Waals surface area (Å²) >= 11 is 0. The van der Waals surface area contributed by atoms with Crippen LogP contribution in [0.25, 0.3) is 0 Å². The molecule has 2 heteroatoms. The predicted octanol–water partition coefficient (Wildman–Crippen LogP) is 2.95. The molecule has 0 amide bonds. The van der Waals surface area contributed by atoms with Crippen LogP contribution in [0.15, 0.2) is 0 Å². The predicted molar refractivity (Wildman–Crippen MR) is 74.4 cm³/mol. The fourth-order valence-corrected chi connectivity index (χ4v) is 5.21. The lowest BCUT2D eigenvalue weighted by Gasteiger charge is -2.58. The van der Waals surface area contributed by atoms with Crippen LogP contribution in [0.2, 0.25) is 0 Å². The van der Waals surface area contributed by atoms with Crippen LogP contribution in [-0.2, 0) is 0 Å². The van der Waals surface area contributed by atoms with E-state index in [1.54, 1.807) is 0 Å². The number of nitrogens with one attached hydrogen (secondary N) is 1. The topological polar surface area (TPSA) is 32.3 Å². The van der Waals surface area contributed by atoms with E-state index in [4.69, 9.17) is 0 Å². The van der Waals surface area contributed by atoms with Gasteiger partial charge in [-0.3, -0.25) is 0 Å². The summed E-state index contributed by atoms with van der Waals surface area (Å²) in [5, 5.41) is 14.2. The van der Waals surface area contributed by atoms with E-state index in [2.05, 4.69) is 26.1 Å². The van der Waals surface area contributed by atoms with Crippen LogP contribution in [-0.4, -0.2) is 23.3 Å². The van der Waals surface area contributed by atoms with Crippen molar-refractivity contribution in [3.8, 4) is 0 Å². The number of hydrogen-bond acceptors (Lipinski definition) is 2. The summed E-state index contributed by atoms with van der Waals surface area (Å²) in [6.45, 7) is 7.31. The van der Waals surface area contributed by atoms with Gasteiger partial charge in [0, 0.05) is 12.1 Å². The normalized spacial score (nSPS) is 44.3. The van der Waals surface area contributed by atoms with Crippen molar-refractivity contribution in [2.45, 2.75) is 70.9 Å². The molecule has 4 aliphatic carbocycles. The van der Waals surface area contributed by atoms with Crippen molar-refractivity contribution in [3.63, 3.8) is 0 Å². The Morgan fingerprint density at radius 2 is 1.50 bits per heavy atom. The van der Waals surface area contributed by atoms with Crippen LogP contribution in [0.3, 0.4) is 0 Å². The van der Waals surface area contributed by atoms with Gasteiger partial charge in [-0.15, -0.1) is 0 Å². The molecule has 4 fully saturated rings. The third kappa shape index (κ3) is 2.34. The summed E-state index contributed by atoms with van der Waals surface area (Å²) < 4.78 is 0. The SMILES string of the molecule is CC(C)(C)NCC(O)C12CC3CC(CC(C3)C1)C2. The largest absolute Gasteiger partial charge is 0.391 e. The molecule has 1 unspecified atom stereocenters. The Morgan fingerprint density at radius 1 is 1.06 bits per heavy atom. The molecule has 4 saturated carbocycles. The molecule has 2 N–H and O–H groups in total. The number of rotatable bonds is 3. The molecule has 0 saturated heterocycles. The van der Waals surface area contributed by atoms with Gasteiger partial charge < -0.3 is 10.4 Å². The van der Waals surface area contributed by atoms with Gasteiger partial charge in [0.25, 0.3) is 0 Å². The Labute approximate surface area is 112 Å². The molecule has 0 aromatic heterocycles. The third-order valence-corrected chi connectivity index (χ3v) is 5.62. The minimum atomic E-state index is -0.134. The lowest BCUT2D eigenvalue weighted by atomic mass is 9.48. The van der Waals surface area contributed by atoms with Gasteiger partial charge in [0.1, 0.15) is 0 Å². The van der Waals surface area contributed by atoms with Crippen molar-refractivity contribution >= 4 is 0 Å². The van der Waals surface area contributed by atoms with E-state index in [1.165, 1.54) is 38.5 Å². The van der Waals surface area contributed by atoms with E-state index in [-0.39, 0.29) is 17.1 Å². The Bertz CT molecular complexity index is 282. The van der Waals surface area contributed by atoms with Gasteiger partial charge >= 0.3 is 0 Å². The second kappa shape index (κ2) is 4.21. The Kier molecular flexibility index (Phi) is 3.02. The molecule has 18 heavy (non-hydrogen) atoms. The zero-order valence-electron chi connectivity index (χ0n) is 12.2. The summed E-state index contributed by atoms with van der Waals surface area (Å²) in [6, 6.07) is 0. The van der Waals surface area contributed by atoms with Gasteiger partial charge in [-0.25, -0.2) is 0 Å². The summed E-state index contributed by atoms with van der Waals surface area (Å²) in [7, 11) is 0. The van der Waals surface area contributed by atoms with Crippen molar-refractivity contribution in [2.24, 2.45) is 23.2 Å². The summed E-state index contributed by atoms with van der Waals surface area (Å²) in [6.07, 6.45) is 8.13. The Hall–Kier alpha value is -0.0800. The molecule has 0 aliphatic heterocycles. The van der Waals surface area contributed by atoms with E-state index in [1.807, 2.05) is 0 Å². The zero-order valence-corrected chi connectivity index (χ0v) is 12.2. The Balaban J connectivity index is 1.67. The van der Waals surface area contributed by atoms with E-state index >= 15 is 0 Å². The molecule has 0 aromatic rings. The highest BCUT2D eigenvalue weighted by atomic mass is 16.3. The second-order valence-electron chi connectivity index (χ2n) is 8.43. The maximum atomic E-state index is 10.7. The maximum Gasteiger partial charge on any atom is 0.0721 e. The van der Waals surface area contributed by atoms with Crippen LogP contribution < -0.4 is 5.32 Å². The summed E-state index contributed by atoms with van der Waals surface area (Å²) in [4.78, 5) is 0. The van der Waals surface area contributed by atoms with Crippen LogP contribution in [0, 0.1) is 23.2 Å². The van der Waals surface area contributed by atoms with E-state index < -0.39 is 0 Å². The molecule has 4 rings (SSSR count). The Morgan fingerprint density at radius 3 is 1.89 bits per heavy atom. The minimum absolute atomic E-state index is 0.114. The number of aliphatic hydroxyl groups excluding tert-OH is 1. The number of β-amino-alcohol motifs (C(OH)–C–C–N with tert-alkyl or cyclic N) is 1. The minimum Gasteiger partial charge on any atom is -0.391 e. The first-order valence-electron chi connectivity index (χ1n) is 7.79. The smallest absolute Gasteiger partial charge is 0.0721 e. The fraction of sp³-hybridized carbons (Fsp3) is 1.00. The van der Waals surface area contributed by atoms with Gasteiger partial charge in [0.05, 0.1) is 6.10 Å². The van der Waals surface area contributed by atoms with Crippen molar-refractivity contribution in [1.29, 1.82) is 0 Å². The highest BCUT2D eigenvalue weighted by Gasteiger charge is 2.53. The first-order chi connectivity index (χ1) is 8.36. The first kappa shape index (κ1) is 12.9. The van der Waals surface area contributed by atoms with E-state index in [9.17, 15) is 5.11 Å². The van der Waals surface area contributed by atoms with Crippen molar-refractivity contribution < 1.29 is 5.11 Å². The third-order valence-electron chi connectivity index (χ3n) is 5.62. The molecular weight excluding hydrogens is 222 g/mol. The molecule has 0 heterocycles. The standard InChI is InChI=1S/C16H29NO/c1-15(2,3)17-10-14(18)16-7-11-4-12(8-16)6-13(5-11)9-16/h11-14,17-18H,4-10H2,1-3H3. The summed E-state index contributed by atoms with van der Waals surface area (Å²) in [5.41, 5.74) is 0.385. The molecule has 0 radical (unpaired) electrons. The molecule has 2 nitrogen and oxygen atoms in total. The van der Waals surface area contributed by atoms with Crippen LogP contribution in [0.5, 0.6) is 0 Å². The lowest BCUT2D eigenvalue weighted by Crippen LogP contribution is -2.55. The van der Waals surface area contributed by atoms with Crippen LogP contribution in [0.1, 0.15) is 59.3 Å². The van der Waals surface area contributed by atoms with Crippen molar-refractivity contribution in [3.05, 3.63) is 0 Å². The van der Waals surface area contributed by atoms with E-state index in [0.717, 1.165) is 24.3 Å². The number of hydrogen-bond donors (Lipinski definition) is 2. The van der Waals surface area contributed by atoms with Gasteiger partial charge in [0.15, 0.2) is 0 Å². The van der Waals surface area contributed by atoms with E-state index in [0.29, 0.717) is 0 Å². The molecule has 4 aliphatic rings. The zero-order chi connectivity index (χ0) is 13.0. The van der Waals surface area contributed by atoms with Crippen LogP contribution >= 0.6 is 0 Å². The molecule has 1 atom stereocenters. The lowest BCUT2D eigenvalue weighted by molar-refractivity contribution is -0.119. The van der Waals surface area contributed by atoms with Gasteiger partial charge in [-0.05, 0) is 82.5 Å². The molecule has 104 valence electrons. The van der Waals surface area contributed by atoms with Gasteiger partial charge in [0.2, 0.25) is 0 Å². The van der Waals surface area contributed by atoms with Crippen molar-refractivity contribution in [1.82, 2.24) is 5.32 Å². The average Bonchev–Trinajstić information content (AvgIpc) is 2.22. The number of aliphatic hydroxyl groups is 1. The quantitative estimate of drug-likeness (QED) is 0.808. The maximum absolute atomic E-state index is 10.7.